The highest BCUT2D eigenvalue weighted by molar-refractivity contribution is 5.99. The van der Waals surface area contributed by atoms with Crippen LogP contribution >= 0.6 is 0 Å². The average Bonchev–Trinajstić information content (AvgIpc) is 2.71. The molecule has 0 spiro atoms. The summed E-state index contributed by atoms with van der Waals surface area (Å²) in [7, 11) is 1.63. The van der Waals surface area contributed by atoms with E-state index in [1.807, 2.05) is 49.4 Å². The summed E-state index contributed by atoms with van der Waals surface area (Å²) in [5, 5.41) is 9.16. The van der Waals surface area contributed by atoms with Crippen LogP contribution in [0.2, 0.25) is 0 Å². The molecule has 0 fully saturated rings. The minimum absolute atomic E-state index is 0.263. The fraction of sp³-hybridized carbons (Fsp3) is 0.0952. The van der Waals surface area contributed by atoms with Crippen LogP contribution in [0.4, 0.5) is 28.8 Å². The Kier molecular flexibility index (Phi) is 5.86. The van der Waals surface area contributed by atoms with Crippen molar-refractivity contribution in [2.24, 2.45) is 0 Å². The number of rotatable bonds is 7. The quantitative estimate of drug-likeness (QED) is 0.530. The average molecular weight is 375 g/mol. The molecule has 0 aliphatic rings. The first kappa shape index (κ1) is 18.9. The number of hydrogen-bond donors (Lipinski definition) is 3. The summed E-state index contributed by atoms with van der Waals surface area (Å²) in [4.78, 5) is 20.3. The van der Waals surface area contributed by atoms with E-state index in [-0.39, 0.29) is 5.91 Å². The topological polar surface area (TPSA) is 88.2 Å². The number of aryl methyl sites for hydroxylation is 1. The molecular weight excluding hydrogens is 354 g/mol. The molecule has 0 saturated heterocycles. The highest BCUT2D eigenvalue weighted by atomic mass is 16.5. The lowest BCUT2D eigenvalue weighted by atomic mass is 10.2. The van der Waals surface area contributed by atoms with Crippen molar-refractivity contribution < 1.29 is 9.53 Å². The van der Waals surface area contributed by atoms with Crippen LogP contribution in [0.5, 0.6) is 5.75 Å². The third-order valence-electron chi connectivity index (χ3n) is 3.90. The van der Waals surface area contributed by atoms with Crippen molar-refractivity contribution in [1.82, 2.24) is 9.97 Å². The molecule has 0 atom stereocenters. The summed E-state index contributed by atoms with van der Waals surface area (Å²) in [5.41, 5.74) is 3.20. The van der Waals surface area contributed by atoms with Crippen molar-refractivity contribution >= 4 is 34.7 Å². The van der Waals surface area contributed by atoms with Crippen molar-refractivity contribution in [2.75, 3.05) is 23.1 Å². The van der Waals surface area contributed by atoms with E-state index in [0.29, 0.717) is 17.5 Å². The molecule has 7 nitrogen and oxygen atoms in total. The molecule has 3 aromatic rings. The van der Waals surface area contributed by atoms with Crippen molar-refractivity contribution in [2.45, 2.75) is 6.92 Å². The van der Waals surface area contributed by atoms with Gasteiger partial charge >= 0.3 is 0 Å². The van der Waals surface area contributed by atoms with Crippen LogP contribution in [-0.2, 0) is 4.79 Å². The number of benzene rings is 2. The van der Waals surface area contributed by atoms with Crippen molar-refractivity contribution in [3.05, 3.63) is 72.9 Å². The SMILES string of the molecule is C=CC(=O)Nc1cccc(Nc2nc(Nc3ccc(OC)cc3)ncc2C)c1. The zero-order valence-electron chi connectivity index (χ0n) is 15.7. The minimum atomic E-state index is -0.263. The first-order chi connectivity index (χ1) is 13.6. The monoisotopic (exact) mass is 375 g/mol. The molecule has 1 heterocycles. The number of amides is 1. The molecular formula is C21H21N5O2. The largest absolute Gasteiger partial charge is 0.497 e. The maximum atomic E-state index is 11.5. The van der Waals surface area contributed by atoms with Gasteiger partial charge in [0.05, 0.1) is 7.11 Å². The summed E-state index contributed by atoms with van der Waals surface area (Å²) in [6, 6.07) is 14.9. The summed E-state index contributed by atoms with van der Waals surface area (Å²) < 4.78 is 5.16. The van der Waals surface area contributed by atoms with Crippen LogP contribution < -0.4 is 20.7 Å². The van der Waals surface area contributed by atoms with Gasteiger partial charge in [-0.2, -0.15) is 4.98 Å². The number of nitrogens with zero attached hydrogens (tertiary/aromatic N) is 2. The van der Waals surface area contributed by atoms with Crippen molar-refractivity contribution in [1.29, 1.82) is 0 Å². The number of hydrogen-bond acceptors (Lipinski definition) is 6. The summed E-state index contributed by atoms with van der Waals surface area (Å²) in [6.07, 6.45) is 2.97. The third kappa shape index (κ3) is 4.85. The molecule has 0 bridgehead atoms. The second kappa shape index (κ2) is 8.68. The van der Waals surface area contributed by atoms with E-state index in [0.717, 1.165) is 22.7 Å². The van der Waals surface area contributed by atoms with E-state index in [1.165, 1.54) is 6.08 Å². The molecule has 2 aromatic carbocycles. The van der Waals surface area contributed by atoms with E-state index in [9.17, 15) is 4.79 Å². The second-order valence-corrected chi connectivity index (χ2v) is 5.98. The Bertz CT molecular complexity index is 986. The van der Waals surface area contributed by atoms with Crippen molar-refractivity contribution in [3.63, 3.8) is 0 Å². The summed E-state index contributed by atoms with van der Waals surface area (Å²) in [5.74, 6) is 1.65. The van der Waals surface area contributed by atoms with Crippen LogP contribution in [-0.4, -0.2) is 23.0 Å². The van der Waals surface area contributed by atoms with Crippen molar-refractivity contribution in [3.8, 4) is 5.75 Å². The number of carbonyl (C=O) groups is 1. The molecule has 0 radical (unpaired) electrons. The fourth-order valence-electron chi connectivity index (χ4n) is 2.44. The van der Waals surface area contributed by atoms with Gasteiger partial charge in [0, 0.05) is 28.8 Å². The molecule has 1 aromatic heterocycles. The van der Waals surface area contributed by atoms with Crippen LogP contribution in [0.3, 0.4) is 0 Å². The number of ether oxygens (including phenoxy) is 1. The van der Waals surface area contributed by atoms with Gasteiger partial charge in [-0.15, -0.1) is 0 Å². The molecule has 28 heavy (non-hydrogen) atoms. The van der Waals surface area contributed by atoms with E-state index in [2.05, 4.69) is 32.5 Å². The first-order valence-electron chi connectivity index (χ1n) is 8.62. The summed E-state index contributed by atoms with van der Waals surface area (Å²) >= 11 is 0. The van der Waals surface area contributed by atoms with Gasteiger partial charge in [0.2, 0.25) is 11.9 Å². The lowest BCUT2D eigenvalue weighted by molar-refractivity contribution is -0.111. The minimum Gasteiger partial charge on any atom is -0.497 e. The highest BCUT2D eigenvalue weighted by Gasteiger charge is 2.06. The second-order valence-electron chi connectivity index (χ2n) is 5.98. The normalized spacial score (nSPS) is 10.1. The van der Waals surface area contributed by atoms with Gasteiger partial charge in [-0.1, -0.05) is 12.6 Å². The Labute approximate surface area is 163 Å². The van der Waals surface area contributed by atoms with Gasteiger partial charge < -0.3 is 20.7 Å². The molecule has 3 rings (SSSR count). The number of nitrogens with one attached hydrogen (secondary N) is 3. The lowest BCUT2D eigenvalue weighted by Gasteiger charge is -2.12. The predicted molar refractivity (Wildman–Crippen MR) is 112 cm³/mol. The van der Waals surface area contributed by atoms with E-state index in [1.54, 1.807) is 19.4 Å². The standard InChI is InChI=1S/C21H21N5O2/c1-4-19(27)23-16-6-5-7-17(12-16)24-20-14(2)13-22-21(26-20)25-15-8-10-18(28-3)11-9-15/h4-13H,1H2,2-3H3,(H,23,27)(H2,22,24,25,26). The zero-order valence-corrected chi connectivity index (χ0v) is 15.7. The van der Waals surface area contributed by atoms with Gasteiger partial charge in [0.15, 0.2) is 0 Å². The maximum Gasteiger partial charge on any atom is 0.247 e. The Hall–Kier alpha value is -3.87. The van der Waals surface area contributed by atoms with E-state index < -0.39 is 0 Å². The Morgan fingerprint density at radius 3 is 2.54 bits per heavy atom. The van der Waals surface area contributed by atoms with E-state index in [4.69, 9.17) is 4.74 Å². The van der Waals surface area contributed by atoms with Gasteiger partial charge in [-0.05, 0) is 55.5 Å². The molecule has 0 unspecified atom stereocenters. The molecule has 0 aliphatic carbocycles. The number of aromatic nitrogens is 2. The maximum absolute atomic E-state index is 11.5. The zero-order chi connectivity index (χ0) is 19.9. The Balaban J connectivity index is 1.77. The van der Waals surface area contributed by atoms with Gasteiger partial charge in [0.1, 0.15) is 11.6 Å². The number of anilines is 5. The highest BCUT2D eigenvalue weighted by Crippen LogP contribution is 2.23. The number of carbonyl (C=O) groups excluding carboxylic acids is 1. The van der Waals surface area contributed by atoms with Crippen LogP contribution in [0.1, 0.15) is 5.56 Å². The Morgan fingerprint density at radius 2 is 1.82 bits per heavy atom. The Morgan fingerprint density at radius 1 is 1.07 bits per heavy atom. The van der Waals surface area contributed by atoms with Gasteiger partial charge in [-0.3, -0.25) is 4.79 Å². The molecule has 142 valence electrons. The molecule has 3 N–H and O–H groups in total. The molecule has 0 aliphatic heterocycles. The fourth-order valence-corrected chi connectivity index (χ4v) is 2.44. The molecule has 7 heteroatoms. The third-order valence-corrected chi connectivity index (χ3v) is 3.90. The van der Waals surface area contributed by atoms with Crippen LogP contribution in [0.15, 0.2) is 67.4 Å². The smallest absolute Gasteiger partial charge is 0.247 e. The summed E-state index contributed by atoms with van der Waals surface area (Å²) in [6.45, 7) is 5.37. The van der Waals surface area contributed by atoms with Crippen LogP contribution in [0, 0.1) is 6.92 Å². The van der Waals surface area contributed by atoms with Crippen LogP contribution in [0.25, 0.3) is 0 Å². The van der Waals surface area contributed by atoms with Gasteiger partial charge in [-0.25, -0.2) is 4.98 Å². The van der Waals surface area contributed by atoms with E-state index >= 15 is 0 Å². The molecule has 0 saturated carbocycles. The first-order valence-corrected chi connectivity index (χ1v) is 8.62. The van der Waals surface area contributed by atoms with Gasteiger partial charge in [0.25, 0.3) is 0 Å². The lowest BCUT2D eigenvalue weighted by Crippen LogP contribution is -2.07. The number of methoxy groups -OCH3 is 1. The predicted octanol–water partition coefficient (Wildman–Crippen LogP) is 4.41. The molecule has 1 amide bonds.